The number of benzene rings is 2. The van der Waals surface area contributed by atoms with Crippen LogP contribution < -0.4 is 16.4 Å². The van der Waals surface area contributed by atoms with Crippen molar-refractivity contribution in [3.63, 3.8) is 0 Å². The van der Waals surface area contributed by atoms with Crippen molar-refractivity contribution in [1.82, 2.24) is 20.2 Å². The summed E-state index contributed by atoms with van der Waals surface area (Å²) in [6.07, 6.45) is 2.13. The van der Waals surface area contributed by atoms with Gasteiger partial charge in [-0.1, -0.05) is 48.9 Å². The topological polar surface area (TPSA) is 152 Å². The summed E-state index contributed by atoms with van der Waals surface area (Å²) in [4.78, 5) is 20.3. The first-order valence-electron chi connectivity index (χ1n) is 10.5. The third-order valence-electron chi connectivity index (χ3n) is 4.97. The number of carbonyl (C=O) groups is 1. The van der Waals surface area contributed by atoms with E-state index < -0.39 is 11.9 Å². The van der Waals surface area contributed by atoms with Crippen molar-refractivity contribution in [1.29, 1.82) is 0 Å². The molecule has 4 aromatic rings. The smallest absolute Gasteiger partial charge is 0.253 e. The molecule has 0 saturated heterocycles. The molecule has 0 radical (unpaired) electrons. The molecule has 174 valence electrons. The minimum absolute atomic E-state index is 0.176. The van der Waals surface area contributed by atoms with E-state index in [1.807, 2.05) is 37.3 Å². The van der Waals surface area contributed by atoms with Gasteiger partial charge in [0.2, 0.25) is 17.7 Å². The van der Waals surface area contributed by atoms with Gasteiger partial charge in [0.15, 0.2) is 0 Å². The summed E-state index contributed by atoms with van der Waals surface area (Å²) in [7, 11) is 0. The molecule has 2 heterocycles. The average molecular weight is 480 g/mol. The summed E-state index contributed by atoms with van der Waals surface area (Å²) < 4.78 is 5.70. The van der Waals surface area contributed by atoms with E-state index in [-0.39, 0.29) is 29.0 Å². The lowest BCUT2D eigenvalue weighted by Gasteiger charge is -2.19. The fourth-order valence-corrected chi connectivity index (χ4v) is 3.49. The van der Waals surface area contributed by atoms with E-state index in [0.717, 1.165) is 5.56 Å². The summed E-state index contributed by atoms with van der Waals surface area (Å²) >= 11 is 6.15. The second-order valence-corrected chi connectivity index (χ2v) is 7.69. The second-order valence-electron chi connectivity index (χ2n) is 7.28. The molecule has 4 rings (SSSR count). The first-order chi connectivity index (χ1) is 16.5. The monoisotopic (exact) mass is 479 g/mol. The molecule has 11 heteroatoms. The Hall–Kier alpha value is -4.02. The highest BCUT2D eigenvalue weighted by Crippen LogP contribution is 2.30. The number of aromatic nitrogens is 4. The molecule has 0 aliphatic carbocycles. The molecular weight excluding hydrogens is 458 g/mol. The standard InChI is InChI=1S/C23H22ClN7O3/c1-2-19-30-31-22(34-19)16-11-26-23(27-14-8-9-15(20(25)33)17(24)10-14)29-21(16)28-18(12-32)13-6-4-3-5-7-13/h3-11,18,32H,2,12H2,1H3,(H2,25,33)(H2,26,27,28,29)/t18-/m1/s1. The number of nitrogens with two attached hydrogens (primary N) is 1. The number of hydrogen-bond acceptors (Lipinski definition) is 9. The Kier molecular flexibility index (Phi) is 7.00. The highest BCUT2D eigenvalue weighted by Gasteiger charge is 2.19. The van der Waals surface area contributed by atoms with Crippen molar-refractivity contribution in [2.75, 3.05) is 17.2 Å². The van der Waals surface area contributed by atoms with Gasteiger partial charge in [-0.2, -0.15) is 4.98 Å². The third kappa shape index (κ3) is 5.13. The van der Waals surface area contributed by atoms with Crippen LogP contribution in [0.4, 0.5) is 17.5 Å². The molecule has 5 N–H and O–H groups in total. The van der Waals surface area contributed by atoms with Gasteiger partial charge < -0.3 is 25.9 Å². The summed E-state index contributed by atoms with van der Waals surface area (Å²) in [5.41, 5.74) is 7.43. The molecular formula is C23H22ClN7O3. The minimum atomic E-state index is -0.620. The number of aliphatic hydroxyl groups excluding tert-OH is 1. The van der Waals surface area contributed by atoms with Crippen molar-refractivity contribution >= 4 is 35.0 Å². The Labute approximate surface area is 200 Å². The highest BCUT2D eigenvalue weighted by atomic mass is 35.5. The van der Waals surface area contributed by atoms with Crippen LogP contribution in [0.15, 0.2) is 59.1 Å². The van der Waals surface area contributed by atoms with Gasteiger partial charge in [-0.25, -0.2) is 4.98 Å². The first-order valence-corrected chi connectivity index (χ1v) is 10.8. The van der Waals surface area contributed by atoms with Gasteiger partial charge in [-0.3, -0.25) is 4.79 Å². The molecule has 2 aromatic heterocycles. The average Bonchev–Trinajstić information content (AvgIpc) is 3.32. The molecule has 0 aliphatic rings. The number of anilines is 3. The molecule has 0 unspecified atom stereocenters. The zero-order chi connectivity index (χ0) is 24.1. The van der Waals surface area contributed by atoms with Crippen molar-refractivity contribution in [3.8, 4) is 11.5 Å². The fraction of sp³-hybridized carbons (Fsp3) is 0.174. The minimum Gasteiger partial charge on any atom is -0.421 e. The van der Waals surface area contributed by atoms with E-state index in [4.69, 9.17) is 21.8 Å². The number of aryl methyl sites for hydroxylation is 1. The zero-order valence-corrected chi connectivity index (χ0v) is 19.0. The highest BCUT2D eigenvalue weighted by molar-refractivity contribution is 6.34. The Bertz CT molecular complexity index is 1300. The maximum Gasteiger partial charge on any atom is 0.253 e. The quantitative estimate of drug-likeness (QED) is 0.281. The number of aliphatic hydroxyl groups is 1. The van der Waals surface area contributed by atoms with Gasteiger partial charge in [0, 0.05) is 18.3 Å². The lowest BCUT2D eigenvalue weighted by molar-refractivity contribution is 0.100. The third-order valence-corrected chi connectivity index (χ3v) is 5.29. The molecule has 1 amide bonds. The second kappa shape index (κ2) is 10.3. The summed E-state index contributed by atoms with van der Waals surface area (Å²) in [6, 6.07) is 13.7. The Balaban J connectivity index is 1.69. The van der Waals surface area contributed by atoms with E-state index in [2.05, 4.69) is 30.8 Å². The van der Waals surface area contributed by atoms with Gasteiger partial charge in [0.05, 0.1) is 28.8 Å². The number of primary amides is 1. The number of halogens is 1. The van der Waals surface area contributed by atoms with Crippen LogP contribution in [-0.2, 0) is 6.42 Å². The first kappa shape index (κ1) is 23.1. The lowest BCUT2D eigenvalue weighted by Crippen LogP contribution is -2.17. The van der Waals surface area contributed by atoms with E-state index in [1.54, 1.807) is 18.3 Å². The van der Waals surface area contributed by atoms with E-state index in [1.165, 1.54) is 6.07 Å². The van der Waals surface area contributed by atoms with Crippen molar-refractivity contribution < 1.29 is 14.3 Å². The molecule has 0 saturated carbocycles. The SMILES string of the molecule is CCc1nnc(-c2cnc(Nc3ccc(C(N)=O)c(Cl)c3)nc2N[C@H](CO)c2ccccc2)o1. The molecule has 0 spiro atoms. The molecule has 0 fully saturated rings. The van der Waals surface area contributed by atoms with Crippen LogP contribution in [0.5, 0.6) is 0 Å². The van der Waals surface area contributed by atoms with Crippen molar-refractivity contribution in [2.45, 2.75) is 19.4 Å². The van der Waals surface area contributed by atoms with Crippen LogP contribution in [-0.4, -0.2) is 37.8 Å². The summed E-state index contributed by atoms with van der Waals surface area (Å²) in [5, 5.41) is 24.6. The van der Waals surface area contributed by atoms with Gasteiger partial charge >= 0.3 is 0 Å². The van der Waals surface area contributed by atoms with Gasteiger partial charge in [-0.15, -0.1) is 10.2 Å². The molecule has 10 nitrogen and oxygen atoms in total. The number of amides is 1. The van der Waals surface area contributed by atoms with E-state index in [0.29, 0.717) is 29.4 Å². The van der Waals surface area contributed by atoms with Gasteiger partial charge in [0.1, 0.15) is 5.82 Å². The van der Waals surface area contributed by atoms with Crippen LogP contribution in [0.2, 0.25) is 5.02 Å². The molecule has 1 atom stereocenters. The normalized spacial score (nSPS) is 11.7. The van der Waals surface area contributed by atoms with Crippen LogP contribution in [0.1, 0.15) is 34.8 Å². The summed E-state index contributed by atoms with van der Waals surface area (Å²) in [6.45, 7) is 1.73. The molecule has 34 heavy (non-hydrogen) atoms. The van der Waals surface area contributed by atoms with Crippen molar-refractivity contribution in [2.24, 2.45) is 5.73 Å². The van der Waals surface area contributed by atoms with Crippen LogP contribution in [0, 0.1) is 0 Å². The molecule has 2 aromatic carbocycles. The van der Waals surface area contributed by atoms with Gasteiger partial charge in [0.25, 0.3) is 5.89 Å². The summed E-state index contributed by atoms with van der Waals surface area (Å²) in [5.74, 6) is 0.741. The number of rotatable bonds is 9. The number of nitrogens with zero attached hydrogens (tertiary/aromatic N) is 4. The number of hydrogen-bond donors (Lipinski definition) is 4. The largest absolute Gasteiger partial charge is 0.421 e. The van der Waals surface area contributed by atoms with Crippen molar-refractivity contribution in [3.05, 3.63) is 76.8 Å². The van der Waals surface area contributed by atoms with Crippen LogP contribution >= 0.6 is 11.6 Å². The Morgan fingerprint density at radius 2 is 2.00 bits per heavy atom. The number of nitrogens with one attached hydrogen (secondary N) is 2. The van der Waals surface area contributed by atoms with Crippen LogP contribution in [0.3, 0.4) is 0 Å². The van der Waals surface area contributed by atoms with Gasteiger partial charge in [-0.05, 0) is 23.8 Å². The predicted octanol–water partition coefficient (Wildman–Crippen LogP) is 3.73. The van der Waals surface area contributed by atoms with E-state index >= 15 is 0 Å². The molecule has 0 aliphatic heterocycles. The number of carbonyl (C=O) groups excluding carboxylic acids is 1. The molecule has 0 bridgehead atoms. The Morgan fingerprint density at radius 1 is 1.21 bits per heavy atom. The zero-order valence-electron chi connectivity index (χ0n) is 18.2. The Morgan fingerprint density at radius 3 is 2.65 bits per heavy atom. The van der Waals surface area contributed by atoms with Crippen LogP contribution in [0.25, 0.3) is 11.5 Å². The maximum absolute atomic E-state index is 11.4. The fourth-order valence-electron chi connectivity index (χ4n) is 3.22. The lowest BCUT2D eigenvalue weighted by atomic mass is 10.1. The maximum atomic E-state index is 11.4. The predicted molar refractivity (Wildman–Crippen MR) is 128 cm³/mol. The van der Waals surface area contributed by atoms with E-state index in [9.17, 15) is 9.90 Å².